The summed E-state index contributed by atoms with van der Waals surface area (Å²) >= 11 is 0. The standard InChI is InChI=1S/C14H18N2O4/c1-16(8-9-17)13(20)15-11-4-2-10(3-5-11)14(6-7-14)12(18)19/h2-5,17H,6-9H2,1H3,(H,15,20)(H,18,19). The summed E-state index contributed by atoms with van der Waals surface area (Å²) in [6, 6.07) is 6.56. The highest BCUT2D eigenvalue weighted by Gasteiger charge is 2.51. The van der Waals surface area contributed by atoms with Crippen LogP contribution in [0.4, 0.5) is 10.5 Å². The van der Waals surface area contributed by atoms with E-state index >= 15 is 0 Å². The highest BCUT2D eigenvalue weighted by atomic mass is 16.4. The molecule has 0 aromatic heterocycles. The molecular formula is C14H18N2O4. The van der Waals surface area contributed by atoms with Gasteiger partial charge in [0.15, 0.2) is 0 Å². The quantitative estimate of drug-likeness (QED) is 0.756. The van der Waals surface area contributed by atoms with E-state index in [1.165, 1.54) is 4.90 Å². The second kappa shape index (κ2) is 5.50. The Hall–Kier alpha value is -2.08. The van der Waals surface area contributed by atoms with E-state index in [2.05, 4.69) is 5.32 Å². The van der Waals surface area contributed by atoms with Gasteiger partial charge < -0.3 is 20.4 Å². The average Bonchev–Trinajstić information content (AvgIpc) is 3.21. The van der Waals surface area contributed by atoms with Gasteiger partial charge in [-0.3, -0.25) is 4.79 Å². The summed E-state index contributed by atoms with van der Waals surface area (Å²) in [4.78, 5) is 24.3. The highest BCUT2D eigenvalue weighted by Crippen LogP contribution is 2.48. The van der Waals surface area contributed by atoms with Crippen LogP contribution in [-0.4, -0.2) is 47.3 Å². The van der Waals surface area contributed by atoms with Crippen molar-refractivity contribution in [3.8, 4) is 0 Å². The van der Waals surface area contributed by atoms with Crippen molar-refractivity contribution < 1.29 is 19.8 Å². The maximum Gasteiger partial charge on any atom is 0.321 e. The van der Waals surface area contributed by atoms with Crippen molar-refractivity contribution in [3.05, 3.63) is 29.8 Å². The number of anilines is 1. The van der Waals surface area contributed by atoms with Crippen LogP contribution in [0, 0.1) is 0 Å². The lowest BCUT2D eigenvalue weighted by molar-refractivity contribution is -0.140. The number of nitrogens with one attached hydrogen (secondary N) is 1. The SMILES string of the molecule is CN(CCO)C(=O)Nc1ccc(C2(C(=O)O)CC2)cc1. The van der Waals surface area contributed by atoms with E-state index < -0.39 is 11.4 Å². The van der Waals surface area contributed by atoms with E-state index in [9.17, 15) is 14.7 Å². The fraction of sp³-hybridized carbons (Fsp3) is 0.429. The Kier molecular flexibility index (Phi) is 3.94. The number of aliphatic hydroxyl groups is 1. The van der Waals surface area contributed by atoms with Gasteiger partial charge in [0.05, 0.1) is 12.0 Å². The number of rotatable bonds is 5. The summed E-state index contributed by atoms with van der Waals surface area (Å²) < 4.78 is 0. The Morgan fingerprint density at radius 3 is 2.35 bits per heavy atom. The van der Waals surface area contributed by atoms with Crippen LogP contribution in [0.5, 0.6) is 0 Å². The van der Waals surface area contributed by atoms with Crippen molar-refractivity contribution in [1.82, 2.24) is 4.90 Å². The number of aliphatic hydroxyl groups excluding tert-OH is 1. The topological polar surface area (TPSA) is 89.9 Å². The molecule has 0 unspecified atom stereocenters. The molecule has 6 heteroatoms. The van der Waals surface area contributed by atoms with Crippen molar-refractivity contribution in [2.45, 2.75) is 18.3 Å². The van der Waals surface area contributed by atoms with Crippen LogP contribution < -0.4 is 5.32 Å². The van der Waals surface area contributed by atoms with Gasteiger partial charge in [0.25, 0.3) is 0 Å². The van der Waals surface area contributed by atoms with Crippen molar-refractivity contribution in [2.24, 2.45) is 0 Å². The third-order valence-electron chi connectivity index (χ3n) is 3.63. The molecule has 2 amide bonds. The molecule has 3 N–H and O–H groups in total. The number of carboxylic acid groups (broad SMARTS) is 1. The Morgan fingerprint density at radius 1 is 1.30 bits per heavy atom. The van der Waals surface area contributed by atoms with Gasteiger partial charge in [0.1, 0.15) is 0 Å². The highest BCUT2D eigenvalue weighted by molar-refractivity contribution is 5.89. The molecule has 1 fully saturated rings. The molecule has 20 heavy (non-hydrogen) atoms. The first kappa shape index (κ1) is 14.3. The number of carbonyl (C=O) groups excluding carboxylic acids is 1. The lowest BCUT2D eigenvalue weighted by atomic mass is 9.96. The van der Waals surface area contributed by atoms with Crippen molar-refractivity contribution in [2.75, 3.05) is 25.5 Å². The Labute approximate surface area is 117 Å². The number of benzene rings is 1. The van der Waals surface area contributed by atoms with Crippen LogP contribution in [0.3, 0.4) is 0 Å². The molecule has 1 aliphatic rings. The minimum Gasteiger partial charge on any atom is -0.481 e. The van der Waals surface area contributed by atoms with Crippen LogP contribution in [0.25, 0.3) is 0 Å². The lowest BCUT2D eigenvalue weighted by Crippen LogP contribution is -2.33. The summed E-state index contributed by atoms with van der Waals surface area (Å²) in [7, 11) is 1.59. The van der Waals surface area contributed by atoms with Gasteiger partial charge in [-0.2, -0.15) is 0 Å². The molecule has 108 valence electrons. The summed E-state index contributed by atoms with van der Waals surface area (Å²) in [6.45, 7) is 0.163. The largest absolute Gasteiger partial charge is 0.481 e. The van der Waals surface area contributed by atoms with E-state index in [1.54, 1.807) is 31.3 Å². The molecule has 0 spiro atoms. The smallest absolute Gasteiger partial charge is 0.321 e. The number of likely N-dealkylation sites (N-methyl/N-ethyl adjacent to an activating group) is 1. The molecule has 0 heterocycles. The molecule has 0 saturated heterocycles. The summed E-state index contributed by atoms with van der Waals surface area (Å²) in [5, 5.41) is 20.6. The van der Waals surface area contributed by atoms with Gasteiger partial charge in [0.2, 0.25) is 0 Å². The molecular weight excluding hydrogens is 260 g/mol. The molecule has 1 aromatic rings. The first-order valence-electron chi connectivity index (χ1n) is 6.46. The zero-order chi connectivity index (χ0) is 14.8. The third-order valence-corrected chi connectivity index (χ3v) is 3.63. The number of nitrogens with zero attached hydrogens (tertiary/aromatic N) is 1. The predicted octanol–water partition coefficient (Wildman–Crippen LogP) is 1.26. The molecule has 2 rings (SSSR count). The molecule has 0 radical (unpaired) electrons. The van der Waals surface area contributed by atoms with Crippen molar-refractivity contribution in [1.29, 1.82) is 0 Å². The number of hydrogen-bond donors (Lipinski definition) is 3. The van der Waals surface area contributed by atoms with E-state index in [0.717, 1.165) is 5.56 Å². The monoisotopic (exact) mass is 278 g/mol. The molecule has 0 atom stereocenters. The van der Waals surface area contributed by atoms with Crippen LogP contribution in [0.1, 0.15) is 18.4 Å². The number of aliphatic carboxylic acids is 1. The summed E-state index contributed by atoms with van der Waals surface area (Å²) in [5.41, 5.74) is 0.646. The zero-order valence-corrected chi connectivity index (χ0v) is 11.3. The molecule has 1 saturated carbocycles. The van der Waals surface area contributed by atoms with Gasteiger partial charge in [-0.1, -0.05) is 12.1 Å². The zero-order valence-electron chi connectivity index (χ0n) is 11.3. The fourth-order valence-electron chi connectivity index (χ4n) is 2.09. The van der Waals surface area contributed by atoms with Crippen LogP contribution >= 0.6 is 0 Å². The molecule has 1 aromatic carbocycles. The molecule has 0 bridgehead atoms. The number of carboxylic acids is 1. The molecule has 1 aliphatic carbocycles. The van der Waals surface area contributed by atoms with Crippen LogP contribution in [-0.2, 0) is 10.2 Å². The average molecular weight is 278 g/mol. The van der Waals surface area contributed by atoms with E-state index in [4.69, 9.17) is 5.11 Å². The van der Waals surface area contributed by atoms with Crippen molar-refractivity contribution >= 4 is 17.7 Å². The van der Waals surface area contributed by atoms with Crippen LogP contribution in [0.15, 0.2) is 24.3 Å². The minimum atomic E-state index is -0.794. The number of carbonyl (C=O) groups is 2. The van der Waals surface area contributed by atoms with Gasteiger partial charge in [-0.05, 0) is 30.5 Å². The second-order valence-corrected chi connectivity index (χ2v) is 5.04. The molecule has 6 nitrogen and oxygen atoms in total. The predicted molar refractivity (Wildman–Crippen MR) is 73.7 cm³/mol. The third kappa shape index (κ3) is 2.75. The van der Waals surface area contributed by atoms with Gasteiger partial charge in [-0.25, -0.2) is 4.79 Å². The van der Waals surface area contributed by atoms with Gasteiger partial charge in [-0.15, -0.1) is 0 Å². The molecule has 0 aliphatic heterocycles. The number of urea groups is 1. The first-order valence-corrected chi connectivity index (χ1v) is 6.46. The fourth-order valence-corrected chi connectivity index (χ4v) is 2.09. The van der Waals surface area contributed by atoms with Gasteiger partial charge in [0, 0.05) is 19.3 Å². The van der Waals surface area contributed by atoms with Gasteiger partial charge >= 0.3 is 12.0 Å². The maximum atomic E-state index is 11.7. The Bertz CT molecular complexity index is 508. The summed E-state index contributed by atoms with van der Waals surface area (Å²) in [6.07, 6.45) is 1.32. The Morgan fingerprint density at radius 2 is 1.90 bits per heavy atom. The minimum absolute atomic E-state index is 0.0933. The van der Waals surface area contributed by atoms with E-state index in [1.807, 2.05) is 0 Å². The first-order chi connectivity index (χ1) is 9.49. The lowest BCUT2D eigenvalue weighted by Gasteiger charge is -2.17. The number of amides is 2. The van der Waals surface area contributed by atoms with Crippen LogP contribution in [0.2, 0.25) is 0 Å². The van der Waals surface area contributed by atoms with Crippen molar-refractivity contribution in [3.63, 3.8) is 0 Å². The Balaban J connectivity index is 2.02. The van der Waals surface area contributed by atoms with E-state index in [-0.39, 0.29) is 19.2 Å². The van der Waals surface area contributed by atoms with E-state index in [0.29, 0.717) is 18.5 Å². The second-order valence-electron chi connectivity index (χ2n) is 5.04. The summed E-state index contributed by atoms with van der Waals surface area (Å²) in [5.74, 6) is -0.794. The normalized spacial score (nSPS) is 15.5. The maximum absolute atomic E-state index is 11.7. The number of hydrogen-bond acceptors (Lipinski definition) is 3.